The number of Topliss-reactive ketones (excluding diaryl/α,β-unsaturated/α-hetero) is 1. The third-order valence-corrected chi connectivity index (χ3v) is 5.23. The van der Waals surface area contributed by atoms with E-state index in [-0.39, 0.29) is 31.0 Å². The molecule has 1 atom stereocenters. The number of unbranched alkanes of at least 4 members (excludes halogenated alkanes) is 1. The highest BCUT2D eigenvalue weighted by Gasteiger charge is 2.19. The lowest BCUT2D eigenvalue weighted by molar-refractivity contribution is -0.160. The topological polar surface area (TPSA) is 89.5 Å². The average Bonchev–Trinajstić information content (AvgIpc) is 2.84. The molecule has 0 aromatic rings. The van der Waals surface area contributed by atoms with Crippen LogP contribution < -0.4 is 5.32 Å². The Kier molecular flexibility index (Phi) is 21.5. The van der Waals surface area contributed by atoms with Gasteiger partial charge in [0.05, 0.1) is 12.5 Å². The summed E-state index contributed by atoms with van der Waals surface area (Å²) in [5.74, 6) is -1.57. The van der Waals surface area contributed by atoms with Crippen LogP contribution in [0.15, 0.2) is 60.8 Å². The lowest BCUT2D eigenvalue weighted by atomic mass is 10.0. The van der Waals surface area contributed by atoms with Crippen molar-refractivity contribution in [2.75, 3.05) is 0 Å². The third-order valence-electron chi connectivity index (χ3n) is 5.23. The van der Waals surface area contributed by atoms with Gasteiger partial charge in [0.1, 0.15) is 0 Å². The highest BCUT2D eigenvalue weighted by molar-refractivity contribution is 5.90. The van der Waals surface area contributed by atoms with Gasteiger partial charge >= 0.3 is 11.9 Å². The second-order valence-electron chi connectivity index (χ2n) is 9.31. The molecule has 0 aromatic heterocycles. The third kappa shape index (κ3) is 23.1. The van der Waals surface area contributed by atoms with Gasteiger partial charge in [-0.25, -0.2) is 0 Å². The van der Waals surface area contributed by atoms with Gasteiger partial charge in [0.25, 0.3) is 0 Å². The standard InChI is InChI=1S/C31H47NO5/c1-5-6-7-8-9-10-11-12-13-14-15-16-17-18-19-20-21-22-30(35)37-31(36)24-23-29(34)32-28(27(4)33)25-26(2)3/h6-7,9-10,12-13,15-16,18-19,26,28H,5,8,11,14,17,20-25H2,1-4H3,(H,32,34)/b7-6-,10-9-,13-12-,16-15-,19-18-/t28-/m0/s1. The van der Waals surface area contributed by atoms with Crippen molar-refractivity contribution in [1.82, 2.24) is 5.32 Å². The Labute approximate surface area is 224 Å². The van der Waals surface area contributed by atoms with Gasteiger partial charge in [-0.1, -0.05) is 81.5 Å². The number of ketones is 1. The summed E-state index contributed by atoms with van der Waals surface area (Å²) < 4.78 is 4.77. The van der Waals surface area contributed by atoms with Crippen LogP contribution in [0.4, 0.5) is 0 Å². The van der Waals surface area contributed by atoms with Crippen molar-refractivity contribution >= 4 is 23.6 Å². The first-order valence-corrected chi connectivity index (χ1v) is 13.5. The summed E-state index contributed by atoms with van der Waals surface area (Å²) in [5.41, 5.74) is 0. The van der Waals surface area contributed by atoms with Crippen LogP contribution >= 0.6 is 0 Å². The molecule has 0 aromatic carbocycles. The van der Waals surface area contributed by atoms with E-state index in [4.69, 9.17) is 4.74 Å². The second-order valence-corrected chi connectivity index (χ2v) is 9.31. The van der Waals surface area contributed by atoms with Crippen molar-refractivity contribution in [3.05, 3.63) is 60.8 Å². The first-order valence-electron chi connectivity index (χ1n) is 13.5. The van der Waals surface area contributed by atoms with Crippen molar-refractivity contribution in [1.29, 1.82) is 0 Å². The predicted molar refractivity (Wildman–Crippen MR) is 151 cm³/mol. The summed E-state index contributed by atoms with van der Waals surface area (Å²) >= 11 is 0. The maximum Gasteiger partial charge on any atom is 0.313 e. The van der Waals surface area contributed by atoms with E-state index >= 15 is 0 Å². The highest BCUT2D eigenvalue weighted by atomic mass is 16.6. The Morgan fingerprint density at radius 3 is 1.68 bits per heavy atom. The Hall–Kier alpha value is -3.02. The van der Waals surface area contributed by atoms with E-state index in [0.717, 1.165) is 38.5 Å². The fourth-order valence-corrected chi connectivity index (χ4v) is 3.24. The molecule has 206 valence electrons. The van der Waals surface area contributed by atoms with Gasteiger partial charge < -0.3 is 10.1 Å². The molecule has 6 heteroatoms. The highest BCUT2D eigenvalue weighted by Crippen LogP contribution is 2.07. The smallest absolute Gasteiger partial charge is 0.313 e. The van der Waals surface area contributed by atoms with Crippen molar-refractivity contribution in [2.45, 2.75) is 104 Å². The minimum atomic E-state index is -0.724. The lowest BCUT2D eigenvalue weighted by Gasteiger charge is -2.17. The van der Waals surface area contributed by atoms with Crippen molar-refractivity contribution in [3.8, 4) is 0 Å². The van der Waals surface area contributed by atoms with Crippen molar-refractivity contribution in [3.63, 3.8) is 0 Å². The number of hydrogen-bond acceptors (Lipinski definition) is 5. The lowest BCUT2D eigenvalue weighted by Crippen LogP contribution is -2.40. The average molecular weight is 514 g/mol. The van der Waals surface area contributed by atoms with Crippen LogP contribution in [0.5, 0.6) is 0 Å². The Balaban J connectivity index is 3.88. The molecule has 0 saturated heterocycles. The van der Waals surface area contributed by atoms with E-state index in [0.29, 0.717) is 12.8 Å². The number of hydrogen-bond donors (Lipinski definition) is 1. The first kappa shape index (κ1) is 34.0. The van der Waals surface area contributed by atoms with Gasteiger partial charge in [0.2, 0.25) is 5.91 Å². The summed E-state index contributed by atoms with van der Waals surface area (Å²) in [6.07, 6.45) is 27.8. The number of esters is 2. The largest absolute Gasteiger partial charge is 0.393 e. The van der Waals surface area contributed by atoms with Crippen LogP contribution in [0.3, 0.4) is 0 Å². The number of nitrogens with one attached hydrogen (secondary N) is 1. The second kappa shape index (κ2) is 23.4. The molecule has 0 aliphatic heterocycles. The molecule has 0 fully saturated rings. The molecule has 0 spiro atoms. The summed E-state index contributed by atoms with van der Waals surface area (Å²) in [5, 5.41) is 2.64. The Morgan fingerprint density at radius 2 is 1.19 bits per heavy atom. The maximum atomic E-state index is 12.0. The van der Waals surface area contributed by atoms with Crippen LogP contribution in [0.2, 0.25) is 0 Å². The van der Waals surface area contributed by atoms with E-state index in [1.807, 2.05) is 19.9 Å². The van der Waals surface area contributed by atoms with Gasteiger partial charge in [0, 0.05) is 12.8 Å². The zero-order chi connectivity index (χ0) is 27.7. The molecule has 37 heavy (non-hydrogen) atoms. The summed E-state index contributed by atoms with van der Waals surface area (Å²) in [4.78, 5) is 47.3. The van der Waals surface area contributed by atoms with Crippen molar-refractivity contribution in [2.24, 2.45) is 5.92 Å². The van der Waals surface area contributed by atoms with Gasteiger partial charge in [0.15, 0.2) is 5.78 Å². The molecule has 0 aliphatic rings. The minimum absolute atomic E-state index is 0.117. The quantitative estimate of drug-likeness (QED) is 0.0829. The molecular formula is C31H47NO5. The minimum Gasteiger partial charge on any atom is -0.393 e. The number of rotatable bonds is 20. The fourth-order valence-electron chi connectivity index (χ4n) is 3.24. The molecule has 0 bridgehead atoms. The van der Waals surface area contributed by atoms with E-state index in [2.05, 4.69) is 66.9 Å². The van der Waals surface area contributed by atoms with E-state index in [1.54, 1.807) is 0 Å². The number of allylic oxidation sites excluding steroid dienone is 10. The normalized spacial score (nSPS) is 13.0. The first-order chi connectivity index (χ1) is 17.8. The van der Waals surface area contributed by atoms with E-state index in [9.17, 15) is 19.2 Å². The number of amides is 1. The van der Waals surface area contributed by atoms with E-state index in [1.165, 1.54) is 6.92 Å². The van der Waals surface area contributed by atoms with E-state index < -0.39 is 23.9 Å². The predicted octanol–water partition coefficient (Wildman–Crippen LogP) is 6.88. The molecule has 0 aliphatic carbocycles. The van der Waals surface area contributed by atoms with Crippen molar-refractivity contribution < 1.29 is 23.9 Å². The molecular weight excluding hydrogens is 466 g/mol. The maximum absolute atomic E-state index is 12.0. The van der Waals surface area contributed by atoms with Crippen LogP contribution in [-0.2, 0) is 23.9 Å². The van der Waals surface area contributed by atoms with Crippen LogP contribution in [0, 0.1) is 5.92 Å². The molecule has 0 rings (SSSR count). The van der Waals surface area contributed by atoms with Crippen LogP contribution in [0.1, 0.15) is 98.3 Å². The summed E-state index contributed by atoms with van der Waals surface area (Å²) in [6.45, 7) is 7.49. The zero-order valence-corrected chi connectivity index (χ0v) is 23.2. The molecule has 6 nitrogen and oxygen atoms in total. The zero-order valence-electron chi connectivity index (χ0n) is 23.2. The van der Waals surface area contributed by atoms with Gasteiger partial charge in [-0.2, -0.15) is 0 Å². The summed E-state index contributed by atoms with van der Waals surface area (Å²) in [6, 6.07) is -0.555. The number of carbonyl (C=O) groups is 4. The Bertz CT molecular complexity index is 817. The summed E-state index contributed by atoms with van der Waals surface area (Å²) in [7, 11) is 0. The molecule has 1 N–H and O–H groups in total. The monoisotopic (exact) mass is 513 g/mol. The molecule has 0 unspecified atom stereocenters. The molecule has 0 saturated carbocycles. The fraction of sp³-hybridized carbons (Fsp3) is 0.548. The van der Waals surface area contributed by atoms with Crippen LogP contribution in [-0.4, -0.2) is 29.7 Å². The molecule has 0 radical (unpaired) electrons. The molecule has 0 heterocycles. The van der Waals surface area contributed by atoms with Gasteiger partial charge in [-0.15, -0.1) is 0 Å². The van der Waals surface area contributed by atoms with Crippen LogP contribution in [0.25, 0.3) is 0 Å². The SMILES string of the molecule is CC/C=C\C/C=C\C/C=C\C/C=C\C/C=C\CCCC(=O)OC(=O)CCC(=O)N[C@@H](CC(C)C)C(C)=O. The number of ether oxygens (including phenoxy) is 1. The molecule has 1 amide bonds. The van der Waals surface area contributed by atoms with Gasteiger partial charge in [-0.05, 0) is 64.2 Å². The van der Waals surface area contributed by atoms with Gasteiger partial charge in [-0.3, -0.25) is 19.2 Å². The number of carbonyl (C=O) groups excluding carboxylic acids is 4. The Morgan fingerprint density at radius 1 is 0.703 bits per heavy atom.